The number of benzene rings is 2. The van der Waals surface area contributed by atoms with E-state index >= 15 is 0 Å². The first-order valence-electron chi connectivity index (χ1n) is 10.5. The van der Waals surface area contributed by atoms with Crippen LogP contribution in [0.25, 0.3) is 33.1 Å². The van der Waals surface area contributed by atoms with Gasteiger partial charge in [0.05, 0.1) is 38.9 Å². The topological polar surface area (TPSA) is 76.9 Å². The molecule has 2 aromatic heterocycles. The zero-order valence-corrected chi connectivity index (χ0v) is 18.1. The summed E-state index contributed by atoms with van der Waals surface area (Å²) >= 11 is 0. The molecule has 4 rings (SSSR count). The molecule has 0 bridgehead atoms. The average molecular weight is 420 g/mol. The van der Waals surface area contributed by atoms with Crippen LogP contribution in [0.4, 0.5) is 0 Å². The number of rotatable bonds is 7. The fourth-order valence-electron chi connectivity index (χ4n) is 3.85. The average Bonchev–Trinajstić information content (AvgIpc) is 3.16. The van der Waals surface area contributed by atoms with Crippen molar-refractivity contribution in [2.75, 3.05) is 27.2 Å². The van der Waals surface area contributed by atoms with Gasteiger partial charge in [-0.25, -0.2) is 4.79 Å². The molecule has 160 valence electrons. The second-order valence-corrected chi connectivity index (χ2v) is 8.19. The highest BCUT2D eigenvalue weighted by atomic mass is 16.4. The SMILES string of the molecule is Cc1c(CC(=O)NCCC[NH+](C)C)c(=O)oc2cc3occ(-c4ccccc4)c3cc12. The van der Waals surface area contributed by atoms with Crippen LogP contribution in [0.1, 0.15) is 17.5 Å². The lowest BCUT2D eigenvalue weighted by Gasteiger charge is -2.10. The molecule has 1 amide bonds. The van der Waals surface area contributed by atoms with Crippen LogP contribution in [-0.4, -0.2) is 33.1 Å². The molecular formula is C25H27N2O4+. The summed E-state index contributed by atoms with van der Waals surface area (Å²) < 4.78 is 11.3. The van der Waals surface area contributed by atoms with Crippen LogP contribution in [0.2, 0.25) is 0 Å². The number of amides is 1. The molecular weight excluding hydrogens is 392 g/mol. The fourth-order valence-corrected chi connectivity index (χ4v) is 3.85. The van der Waals surface area contributed by atoms with E-state index in [2.05, 4.69) is 19.4 Å². The Balaban J connectivity index is 1.67. The van der Waals surface area contributed by atoms with Crippen molar-refractivity contribution in [3.05, 3.63) is 70.3 Å². The minimum absolute atomic E-state index is 0.00783. The summed E-state index contributed by atoms with van der Waals surface area (Å²) in [4.78, 5) is 26.3. The second kappa shape index (κ2) is 8.78. The predicted octanol–water partition coefficient (Wildman–Crippen LogP) is 2.71. The van der Waals surface area contributed by atoms with Gasteiger partial charge in [-0.3, -0.25) is 4.79 Å². The lowest BCUT2D eigenvalue weighted by Crippen LogP contribution is -3.05. The highest BCUT2D eigenvalue weighted by molar-refractivity contribution is 6.02. The first-order valence-corrected chi connectivity index (χ1v) is 10.5. The smallest absolute Gasteiger partial charge is 0.340 e. The van der Waals surface area contributed by atoms with Gasteiger partial charge in [0.15, 0.2) is 0 Å². The van der Waals surface area contributed by atoms with Crippen LogP contribution in [0.5, 0.6) is 0 Å². The molecule has 2 N–H and O–H groups in total. The minimum Gasteiger partial charge on any atom is -0.464 e. The number of hydrogen-bond donors (Lipinski definition) is 2. The van der Waals surface area contributed by atoms with E-state index in [9.17, 15) is 9.59 Å². The summed E-state index contributed by atoms with van der Waals surface area (Å²) in [5, 5.41) is 4.65. The van der Waals surface area contributed by atoms with Crippen molar-refractivity contribution in [3.8, 4) is 11.1 Å². The van der Waals surface area contributed by atoms with Gasteiger partial charge >= 0.3 is 5.63 Å². The van der Waals surface area contributed by atoms with Gasteiger partial charge in [-0.1, -0.05) is 30.3 Å². The number of quaternary nitrogens is 1. The molecule has 0 aliphatic rings. The van der Waals surface area contributed by atoms with Gasteiger partial charge in [0.1, 0.15) is 11.2 Å². The Morgan fingerprint density at radius 1 is 1.06 bits per heavy atom. The molecule has 2 heterocycles. The van der Waals surface area contributed by atoms with E-state index < -0.39 is 5.63 Å². The Hall–Kier alpha value is -3.38. The monoisotopic (exact) mass is 419 g/mol. The molecule has 0 spiro atoms. The molecule has 0 saturated carbocycles. The van der Waals surface area contributed by atoms with E-state index in [1.807, 2.05) is 43.3 Å². The minimum atomic E-state index is -0.480. The first-order chi connectivity index (χ1) is 14.9. The Kier molecular flexibility index (Phi) is 5.91. The van der Waals surface area contributed by atoms with Gasteiger partial charge in [0.2, 0.25) is 5.91 Å². The molecule has 0 aliphatic heterocycles. The molecule has 0 atom stereocenters. The summed E-state index contributed by atoms with van der Waals surface area (Å²) in [5.74, 6) is -0.169. The first kappa shape index (κ1) is 20.9. The van der Waals surface area contributed by atoms with E-state index in [1.54, 1.807) is 12.3 Å². The number of hydrogen-bond acceptors (Lipinski definition) is 4. The van der Waals surface area contributed by atoms with Crippen molar-refractivity contribution in [1.29, 1.82) is 0 Å². The lowest BCUT2D eigenvalue weighted by molar-refractivity contribution is -0.858. The van der Waals surface area contributed by atoms with Gasteiger partial charge < -0.3 is 19.1 Å². The van der Waals surface area contributed by atoms with Crippen LogP contribution in [0.3, 0.4) is 0 Å². The van der Waals surface area contributed by atoms with Crippen LogP contribution in [0, 0.1) is 6.92 Å². The van der Waals surface area contributed by atoms with Gasteiger partial charge in [0.25, 0.3) is 0 Å². The second-order valence-electron chi connectivity index (χ2n) is 8.19. The van der Waals surface area contributed by atoms with E-state index in [0.29, 0.717) is 23.3 Å². The Morgan fingerprint density at radius 3 is 2.58 bits per heavy atom. The highest BCUT2D eigenvalue weighted by Crippen LogP contribution is 2.34. The van der Waals surface area contributed by atoms with Gasteiger partial charge in [0, 0.05) is 35.4 Å². The van der Waals surface area contributed by atoms with Crippen LogP contribution in [-0.2, 0) is 11.2 Å². The Morgan fingerprint density at radius 2 is 1.84 bits per heavy atom. The van der Waals surface area contributed by atoms with Gasteiger partial charge in [-0.15, -0.1) is 0 Å². The number of furan rings is 1. The summed E-state index contributed by atoms with van der Waals surface area (Å²) in [5.41, 5.74) is 3.82. The molecule has 2 aromatic carbocycles. The third kappa shape index (κ3) is 4.39. The quantitative estimate of drug-likeness (QED) is 0.357. The van der Waals surface area contributed by atoms with Crippen LogP contribution < -0.4 is 15.8 Å². The zero-order chi connectivity index (χ0) is 22.0. The molecule has 6 heteroatoms. The van der Waals surface area contributed by atoms with Gasteiger partial charge in [-0.2, -0.15) is 0 Å². The maximum absolute atomic E-state index is 12.6. The van der Waals surface area contributed by atoms with E-state index in [1.165, 1.54) is 4.90 Å². The molecule has 0 radical (unpaired) electrons. The summed E-state index contributed by atoms with van der Waals surface area (Å²) in [6, 6.07) is 13.7. The van der Waals surface area contributed by atoms with Crippen molar-refractivity contribution in [1.82, 2.24) is 5.32 Å². The molecule has 4 aromatic rings. The van der Waals surface area contributed by atoms with Crippen molar-refractivity contribution in [2.24, 2.45) is 0 Å². The third-order valence-electron chi connectivity index (χ3n) is 5.58. The predicted molar refractivity (Wildman–Crippen MR) is 121 cm³/mol. The normalized spacial score (nSPS) is 11.5. The molecule has 0 unspecified atom stereocenters. The van der Waals surface area contributed by atoms with Crippen molar-refractivity contribution in [3.63, 3.8) is 0 Å². The lowest BCUT2D eigenvalue weighted by atomic mass is 9.99. The maximum Gasteiger partial charge on any atom is 0.340 e. The molecule has 0 aliphatic carbocycles. The number of nitrogens with one attached hydrogen (secondary N) is 2. The van der Waals surface area contributed by atoms with Crippen molar-refractivity contribution < 1.29 is 18.5 Å². The van der Waals surface area contributed by atoms with E-state index in [4.69, 9.17) is 8.83 Å². The number of carbonyl (C=O) groups is 1. The highest BCUT2D eigenvalue weighted by Gasteiger charge is 2.17. The standard InChI is InChI=1S/C25H26N2O4/c1-16-18-12-20-21(17-8-5-4-6-9-17)15-30-22(20)14-23(18)31-25(29)19(16)13-24(28)26-10-7-11-27(2)3/h4-6,8-9,12,14-15H,7,10-11,13H2,1-3H3,(H,26,28)/p+1. The van der Waals surface area contributed by atoms with Crippen molar-refractivity contribution >= 4 is 27.8 Å². The van der Waals surface area contributed by atoms with Crippen LogP contribution >= 0.6 is 0 Å². The fraction of sp³-hybridized carbons (Fsp3) is 0.280. The van der Waals surface area contributed by atoms with Crippen molar-refractivity contribution in [2.45, 2.75) is 19.8 Å². The van der Waals surface area contributed by atoms with Gasteiger partial charge in [-0.05, 0) is 24.1 Å². The summed E-state index contributed by atoms with van der Waals surface area (Å²) in [6.07, 6.45) is 2.62. The molecule has 0 fully saturated rings. The molecule has 6 nitrogen and oxygen atoms in total. The van der Waals surface area contributed by atoms with Crippen LogP contribution in [0.15, 0.2) is 62.4 Å². The Bertz CT molecular complexity index is 1290. The number of fused-ring (bicyclic) bond motifs is 2. The summed E-state index contributed by atoms with van der Waals surface area (Å²) in [7, 11) is 4.15. The molecule has 0 saturated heterocycles. The van der Waals surface area contributed by atoms with E-state index in [0.717, 1.165) is 40.4 Å². The summed E-state index contributed by atoms with van der Waals surface area (Å²) in [6.45, 7) is 3.44. The Labute approximate surface area is 180 Å². The third-order valence-corrected chi connectivity index (χ3v) is 5.58. The maximum atomic E-state index is 12.6. The largest absolute Gasteiger partial charge is 0.464 e. The zero-order valence-electron chi connectivity index (χ0n) is 18.1. The van der Waals surface area contributed by atoms with E-state index in [-0.39, 0.29) is 12.3 Å². The number of carbonyl (C=O) groups excluding carboxylic acids is 1. The molecule has 31 heavy (non-hydrogen) atoms. The number of aryl methyl sites for hydroxylation is 1.